The lowest BCUT2D eigenvalue weighted by atomic mass is 10.0. The Balaban J connectivity index is 3.49. The molecule has 0 fully saturated rings. The summed E-state index contributed by atoms with van der Waals surface area (Å²) in [6.45, 7) is 4.86. The Bertz CT molecular complexity index is 832. The number of hydrogen-bond acceptors (Lipinski definition) is 5. The zero-order valence-electron chi connectivity index (χ0n) is 37.6. The highest BCUT2D eigenvalue weighted by Crippen LogP contribution is 2.16. The van der Waals surface area contributed by atoms with Gasteiger partial charge in [-0.1, -0.05) is 238 Å². The maximum Gasteiger partial charge on any atom is 0.305 e. The van der Waals surface area contributed by atoms with Gasteiger partial charge in [0.25, 0.3) is 0 Å². The molecular weight excluding hydrogens is 695 g/mol. The average molecular weight is 792 g/mol. The van der Waals surface area contributed by atoms with Gasteiger partial charge in [-0.2, -0.15) is 0 Å². The highest BCUT2D eigenvalue weighted by atomic mass is 16.5. The summed E-state index contributed by atoms with van der Waals surface area (Å²) < 4.78 is 5.45. The number of unbranched alkanes of at least 4 members (excludes halogenated alkanes) is 35. The minimum absolute atomic E-state index is 0.0132. The van der Waals surface area contributed by atoms with Crippen molar-refractivity contribution in [2.45, 2.75) is 283 Å². The number of nitrogens with one attached hydrogen (secondary N) is 1. The molecule has 0 aromatic rings. The van der Waals surface area contributed by atoms with Gasteiger partial charge in [0.15, 0.2) is 0 Å². The van der Waals surface area contributed by atoms with E-state index in [1.54, 1.807) is 6.08 Å². The number of aliphatic hydroxyl groups excluding tert-OH is 2. The molecule has 0 aromatic heterocycles. The molecule has 6 heteroatoms. The molecule has 0 aliphatic carbocycles. The van der Waals surface area contributed by atoms with E-state index in [4.69, 9.17) is 4.74 Å². The van der Waals surface area contributed by atoms with Crippen molar-refractivity contribution in [1.82, 2.24) is 5.32 Å². The van der Waals surface area contributed by atoms with Crippen molar-refractivity contribution >= 4 is 11.9 Å². The Morgan fingerprint density at radius 3 is 1.21 bits per heavy atom. The molecular formula is C50H97NO5. The molecule has 0 bridgehead atoms. The lowest BCUT2D eigenvalue weighted by Crippen LogP contribution is -2.45. The highest BCUT2D eigenvalue weighted by Gasteiger charge is 2.18. The summed E-state index contributed by atoms with van der Waals surface area (Å²) >= 11 is 0. The van der Waals surface area contributed by atoms with Crippen LogP contribution in [-0.4, -0.2) is 47.4 Å². The van der Waals surface area contributed by atoms with Crippen LogP contribution in [0.15, 0.2) is 12.2 Å². The second-order valence-electron chi connectivity index (χ2n) is 17.2. The number of amides is 1. The molecule has 0 rings (SSSR count). The molecule has 0 spiro atoms. The molecule has 1 amide bonds. The van der Waals surface area contributed by atoms with Crippen molar-refractivity contribution < 1.29 is 24.5 Å². The zero-order valence-corrected chi connectivity index (χ0v) is 37.6. The number of aliphatic hydroxyl groups is 2. The SMILES string of the molecule is CCCCCCCCCCCCCC/C=C/C(O)C(CO)NC(=O)CCCCCCCCCCCCCOC(=O)CCCCCCCCCCCCCCCC. The van der Waals surface area contributed by atoms with Gasteiger partial charge in [-0.25, -0.2) is 0 Å². The van der Waals surface area contributed by atoms with Crippen LogP contribution in [0.2, 0.25) is 0 Å². The second kappa shape index (κ2) is 46.3. The zero-order chi connectivity index (χ0) is 40.8. The third kappa shape index (κ3) is 42.2. The van der Waals surface area contributed by atoms with Gasteiger partial charge >= 0.3 is 5.97 Å². The molecule has 0 aliphatic heterocycles. The number of hydrogen-bond donors (Lipinski definition) is 3. The normalized spacial score (nSPS) is 12.7. The molecule has 0 saturated carbocycles. The summed E-state index contributed by atoms with van der Waals surface area (Å²) in [5, 5.41) is 23.0. The Hall–Kier alpha value is -1.40. The van der Waals surface area contributed by atoms with Crippen LogP contribution in [0.4, 0.5) is 0 Å². The van der Waals surface area contributed by atoms with Crippen molar-refractivity contribution in [2.75, 3.05) is 13.2 Å². The lowest BCUT2D eigenvalue weighted by molar-refractivity contribution is -0.143. The maximum atomic E-state index is 12.4. The first-order chi connectivity index (χ1) is 27.5. The average Bonchev–Trinajstić information content (AvgIpc) is 3.20. The van der Waals surface area contributed by atoms with E-state index < -0.39 is 12.1 Å². The van der Waals surface area contributed by atoms with Gasteiger partial charge < -0.3 is 20.3 Å². The molecule has 56 heavy (non-hydrogen) atoms. The maximum absolute atomic E-state index is 12.4. The van der Waals surface area contributed by atoms with Crippen LogP contribution in [0, 0.1) is 0 Å². The van der Waals surface area contributed by atoms with Gasteiger partial charge in [-0.3, -0.25) is 9.59 Å². The number of esters is 1. The first-order valence-electron chi connectivity index (χ1n) is 25.0. The second-order valence-corrected chi connectivity index (χ2v) is 17.2. The number of rotatable bonds is 46. The van der Waals surface area contributed by atoms with E-state index >= 15 is 0 Å². The molecule has 0 saturated heterocycles. The van der Waals surface area contributed by atoms with Crippen LogP contribution in [-0.2, 0) is 14.3 Å². The summed E-state index contributed by atoms with van der Waals surface area (Å²) in [5.74, 6) is -0.0991. The largest absolute Gasteiger partial charge is 0.466 e. The van der Waals surface area contributed by atoms with E-state index in [1.807, 2.05) is 6.08 Å². The quantitative estimate of drug-likeness (QED) is 0.0324. The number of ether oxygens (including phenoxy) is 1. The van der Waals surface area contributed by atoms with E-state index in [0.29, 0.717) is 19.4 Å². The monoisotopic (exact) mass is 792 g/mol. The standard InChI is InChI=1S/C50H97NO5/c1-3-5-7-9-11-13-15-17-19-22-26-30-34-38-42-48(53)47(46-52)51-49(54)43-39-35-31-27-23-21-25-29-33-37-41-45-56-50(55)44-40-36-32-28-24-20-18-16-14-12-10-8-6-4-2/h38,42,47-48,52-53H,3-37,39-41,43-46H2,1-2H3,(H,51,54)/b42-38+. The Kier molecular flexibility index (Phi) is 45.1. The summed E-state index contributed by atoms with van der Waals surface area (Å²) in [7, 11) is 0. The van der Waals surface area contributed by atoms with Crippen LogP contribution >= 0.6 is 0 Å². The van der Waals surface area contributed by atoms with Gasteiger partial charge in [-0.05, 0) is 32.1 Å². The first-order valence-corrected chi connectivity index (χ1v) is 25.0. The van der Waals surface area contributed by atoms with Crippen molar-refractivity contribution in [3.05, 3.63) is 12.2 Å². The molecule has 0 aromatic carbocycles. The van der Waals surface area contributed by atoms with E-state index in [2.05, 4.69) is 19.2 Å². The number of carbonyl (C=O) groups excluding carboxylic acids is 2. The molecule has 0 radical (unpaired) electrons. The molecule has 2 atom stereocenters. The third-order valence-corrected chi connectivity index (χ3v) is 11.6. The van der Waals surface area contributed by atoms with Crippen LogP contribution in [0.3, 0.4) is 0 Å². The summed E-state index contributed by atoms with van der Waals surface area (Å²) in [5.41, 5.74) is 0. The number of allylic oxidation sites excluding steroid dienone is 1. The fourth-order valence-corrected chi connectivity index (χ4v) is 7.69. The first kappa shape index (κ1) is 54.6. The van der Waals surface area contributed by atoms with Crippen molar-refractivity contribution in [2.24, 2.45) is 0 Å². The van der Waals surface area contributed by atoms with Crippen molar-refractivity contribution in [3.63, 3.8) is 0 Å². The van der Waals surface area contributed by atoms with Gasteiger partial charge in [-0.15, -0.1) is 0 Å². The predicted octanol–water partition coefficient (Wildman–Crippen LogP) is 14.6. The minimum atomic E-state index is -0.854. The van der Waals surface area contributed by atoms with E-state index in [9.17, 15) is 19.8 Å². The van der Waals surface area contributed by atoms with E-state index in [0.717, 1.165) is 57.8 Å². The predicted molar refractivity (Wildman–Crippen MR) is 241 cm³/mol. The van der Waals surface area contributed by atoms with Gasteiger partial charge in [0.1, 0.15) is 0 Å². The minimum Gasteiger partial charge on any atom is -0.466 e. The van der Waals surface area contributed by atoms with Crippen molar-refractivity contribution in [1.29, 1.82) is 0 Å². The summed E-state index contributed by atoms with van der Waals surface area (Å²) in [4.78, 5) is 24.4. The van der Waals surface area contributed by atoms with Crippen molar-refractivity contribution in [3.8, 4) is 0 Å². The van der Waals surface area contributed by atoms with Crippen LogP contribution in [0.5, 0.6) is 0 Å². The molecule has 332 valence electrons. The van der Waals surface area contributed by atoms with Gasteiger partial charge in [0.05, 0.1) is 25.4 Å². The molecule has 0 aliphatic rings. The highest BCUT2D eigenvalue weighted by molar-refractivity contribution is 5.76. The number of carbonyl (C=O) groups is 2. The fourth-order valence-electron chi connectivity index (χ4n) is 7.69. The fraction of sp³-hybridized carbons (Fsp3) is 0.920. The lowest BCUT2D eigenvalue weighted by Gasteiger charge is -2.20. The van der Waals surface area contributed by atoms with Gasteiger partial charge in [0, 0.05) is 12.8 Å². The van der Waals surface area contributed by atoms with Gasteiger partial charge in [0.2, 0.25) is 5.91 Å². The summed E-state index contributed by atoms with van der Waals surface area (Å²) in [6, 6.07) is -0.639. The third-order valence-electron chi connectivity index (χ3n) is 11.6. The Morgan fingerprint density at radius 2 is 0.821 bits per heavy atom. The molecule has 0 heterocycles. The molecule has 6 nitrogen and oxygen atoms in total. The molecule has 3 N–H and O–H groups in total. The van der Waals surface area contributed by atoms with Crippen LogP contribution in [0.25, 0.3) is 0 Å². The molecule has 2 unspecified atom stereocenters. The van der Waals surface area contributed by atoms with E-state index in [1.165, 1.54) is 186 Å². The Labute approximate surface area is 349 Å². The summed E-state index contributed by atoms with van der Waals surface area (Å²) in [6.07, 6.45) is 52.0. The van der Waals surface area contributed by atoms with E-state index in [-0.39, 0.29) is 18.5 Å². The van der Waals surface area contributed by atoms with Crippen LogP contribution < -0.4 is 5.32 Å². The smallest absolute Gasteiger partial charge is 0.305 e. The topological polar surface area (TPSA) is 95.9 Å². The Morgan fingerprint density at radius 1 is 0.482 bits per heavy atom. The van der Waals surface area contributed by atoms with Crippen LogP contribution in [0.1, 0.15) is 271 Å².